The van der Waals surface area contributed by atoms with Crippen LogP contribution in [0.4, 0.5) is 0 Å². The summed E-state index contributed by atoms with van der Waals surface area (Å²) >= 11 is 0. The second kappa shape index (κ2) is 8.25. The third kappa shape index (κ3) is 3.98. The highest BCUT2D eigenvalue weighted by Crippen LogP contribution is 2.25. The minimum Gasteiger partial charge on any atom is -0.427 e. The van der Waals surface area contributed by atoms with Gasteiger partial charge in [-0.3, -0.25) is 4.79 Å². The summed E-state index contributed by atoms with van der Waals surface area (Å²) in [6.07, 6.45) is 5.98. The number of nitrogens with one attached hydrogen (secondary N) is 2. The Morgan fingerprint density at radius 2 is 2.10 bits per heavy atom. The van der Waals surface area contributed by atoms with Crippen LogP contribution in [0.2, 0.25) is 0 Å². The third-order valence-electron chi connectivity index (χ3n) is 5.95. The Kier molecular flexibility index (Phi) is 5.53. The number of rotatable bonds is 6. The molecule has 3 N–H and O–H groups in total. The van der Waals surface area contributed by atoms with Gasteiger partial charge in [-0.25, -0.2) is 4.79 Å². The van der Waals surface area contributed by atoms with Crippen molar-refractivity contribution in [1.82, 2.24) is 10.3 Å². The monoisotopic (exact) mass is 394 g/mol. The second-order valence-electron chi connectivity index (χ2n) is 7.87. The molecular weight excluding hydrogens is 368 g/mol. The molecule has 0 unspecified atom stereocenters. The van der Waals surface area contributed by atoms with Crippen LogP contribution in [0.15, 0.2) is 45.7 Å². The van der Waals surface area contributed by atoms with E-state index in [2.05, 4.69) is 16.4 Å². The van der Waals surface area contributed by atoms with Crippen molar-refractivity contribution >= 4 is 16.8 Å². The summed E-state index contributed by atoms with van der Waals surface area (Å²) in [4.78, 5) is 28.4. The minimum absolute atomic E-state index is 0.0469. The number of aromatic amines is 1. The highest BCUT2D eigenvalue weighted by atomic mass is 16.4. The first kappa shape index (κ1) is 19.5. The predicted molar refractivity (Wildman–Crippen MR) is 111 cm³/mol. The average Bonchev–Trinajstić information content (AvgIpc) is 3.32. The van der Waals surface area contributed by atoms with Crippen molar-refractivity contribution in [2.24, 2.45) is 5.92 Å². The van der Waals surface area contributed by atoms with Crippen molar-refractivity contribution in [3.8, 4) is 0 Å². The van der Waals surface area contributed by atoms with E-state index in [0.29, 0.717) is 17.7 Å². The van der Waals surface area contributed by atoms with E-state index in [9.17, 15) is 14.7 Å². The zero-order valence-corrected chi connectivity index (χ0v) is 16.5. The summed E-state index contributed by atoms with van der Waals surface area (Å²) < 4.78 is 5.46. The molecule has 0 aliphatic heterocycles. The van der Waals surface area contributed by atoms with Gasteiger partial charge in [-0.1, -0.05) is 24.6 Å². The largest absolute Gasteiger partial charge is 0.427 e. The molecule has 0 saturated heterocycles. The molecule has 29 heavy (non-hydrogen) atoms. The van der Waals surface area contributed by atoms with Gasteiger partial charge in [0, 0.05) is 42.1 Å². The Hall–Kier alpha value is -2.86. The van der Waals surface area contributed by atoms with Crippen molar-refractivity contribution < 1.29 is 14.3 Å². The van der Waals surface area contributed by atoms with E-state index in [1.165, 1.54) is 5.56 Å². The van der Waals surface area contributed by atoms with Gasteiger partial charge in [0.25, 0.3) is 5.91 Å². The van der Waals surface area contributed by atoms with E-state index >= 15 is 0 Å². The lowest BCUT2D eigenvalue weighted by Crippen LogP contribution is -2.40. The number of amides is 1. The van der Waals surface area contributed by atoms with Crippen LogP contribution in [0, 0.1) is 12.8 Å². The van der Waals surface area contributed by atoms with Crippen molar-refractivity contribution in [1.29, 1.82) is 0 Å². The zero-order valence-electron chi connectivity index (χ0n) is 16.5. The normalized spacial score (nSPS) is 19.0. The predicted octanol–water partition coefficient (Wildman–Crippen LogP) is 3.11. The number of hydrogen-bond donors (Lipinski definition) is 3. The molecule has 2 atom stereocenters. The van der Waals surface area contributed by atoms with Crippen LogP contribution in [0.3, 0.4) is 0 Å². The van der Waals surface area contributed by atoms with E-state index in [4.69, 9.17) is 4.42 Å². The van der Waals surface area contributed by atoms with E-state index in [1.54, 1.807) is 13.0 Å². The summed E-state index contributed by atoms with van der Waals surface area (Å²) in [5, 5.41) is 13.5. The number of carbonyl (C=O) groups excluding carboxylic acids is 1. The van der Waals surface area contributed by atoms with Crippen LogP contribution in [0.25, 0.3) is 10.9 Å². The van der Waals surface area contributed by atoms with Gasteiger partial charge in [0.15, 0.2) is 0 Å². The van der Waals surface area contributed by atoms with E-state index in [0.717, 1.165) is 36.6 Å². The number of benzene rings is 1. The third-order valence-corrected chi connectivity index (χ3v) is 5.95. The van der Waals surface area contributed by atoms with E-state index in [1.807, 2.05) is 24.4 Å². The maximum Gasteiger partial charge on any atom is 0.349 e. The number of aliphatic hydroxyl groups is 1. The van der Waals surface area contributed by atoms with Crippen LogP contribution >= 0.6 is 0 Å². The maximum atomic E-state index is 12.6. The Bertz CT molecular complexity index is 1080. The standard InChI is InChI=1S/C23H26N2O4/c1-14-11-17(10-9-15-12-24-20-7-3-2-6-18(15)20)29-23(28)21(14)22(27)25-19-8-4-5-16(19)13-26/h2-3,6-7,11-12,16,19,24,26H,4-5,8-10,13H2,1H3,(H,25,27)/t16-,19-/m0/s1. The lowest BCUT2D eigenvalue weighted by atomic mass is 10.0. The molecule has 1 aromatic carbocycles. The molecule has 0 spiro atoms. The fraction of sp³-hybridized carbons (Fsp3) is 0.391. The Labute approximate surface area is 168 Å². The van der Waals surface area contributed by atoms with Gasteiger partial charge in [0.05, 0.1) is 0 Å². The maximum absolute atomic E-state index is 12.6. The fourth-order valence-electron chi connectivity index (χ4n) is 4.35. The Balaban J connectivity index is 1.48. The van der Waals surface area contributed by atoms with Crippen LogP contribution in [-0.4, -0.2) is 28.6 Å². The Morgan fingerprint density at radius 1 is 1.28 bits per heavy atom. The highest BCUT2D eigenvalue weighted by Gasteiger charge is 2.29. The van der Waals surface area contributed by atoms with Crippen molar-refractivity contribution in [3.05, 3.63) is 69.4 Å². The number of para-hydroxylation sites is 1. The Morgan fingerprint density at radius 3 is 2.90 bits per heavy atom. The smallest absolute Gasteiger partial charge is 0.349 e. The minimum atomic E-state index is -0.602. The molecule has 6 nitrogen and oxygen atoms in total. The first-order chi connectivity index (χ1) is 14.1. The van der Waals surface area contributed by atoms with Crippen LogP contribution in [-0.2, 0) is 12.8 Å². The van der Waals surface area contributed by atoms with Crippen molar-refractivity contribution in [2.75, 3.05) is 6.61 Å². The number of hydrogen-bond acceptors (Lipinski definition) is 4. The van der Waals surface area contributed by atoms with Gasteiger partial charge in [-0.15, -0.1) is 0 Å². The molecule has 2 aromatic heterocycles. The number of fused-ring (bicyclic) bond motifs is 1. The molecule has 3 aromatic rings. The SMILES string of the molecule is Cc1cc(CCc2c[nH]c3ccccc23)oc(=O)c1C(=O)N[C@H]1CCC[C@H]1CO. The molecule has 1 aliphatic carbocycles. The molecule has 152 valence electrons. The summed E-state index contributed by atoms with van der Waals surface area (Å²) in [6.45, 7) is 1.81. The molecule has 4 rings (SSSR count). The van der Waals surface area contributed by atoms with Gasteiger partial charge in [-0.05, 0) is 49.4 Å². The van der Waals surface area contributed by atoms with Gasteiger partial charge in [-0.2, -0.15) is 0 Å². The van der Waals surface area contributed by atoms with Gasteiger partial charge in [0.2, 0.25) is 0 Å². The van der Waals surface area contributed by atoms with E-state index < -0.39 is 11.5 Å². The summed E-state index contributed by atoms with van der Waals surface area (Å²) in [7, 11) is 0. The highest BCUT2D eigenvalue weighted by molar-refractivity contribution is 5.95. The zero-order chi connectivity index (χ0) is 20.4. The molecule has 2 heterocycles. The molecule has 1 fully saturated rings. The van der Waals surface area contributed by atoms with Gasteiger partial charge < -0.3 is 19.8 Å². The molecular formula is C23H26N2O4. The van der Waals surface area contributed by atoms with Crippen LogP contribution < -0.4 is 10.9 Å². The molecule has 0 bridgehead atoms. The van der Waals surface area contributed by atoms with Crippen LogP contribution in [0.1, 0.15) is 46.5 Å². The summed E-state index contributed by atoms with van der Waals surface area (Å²) in [5.41, 5.74) is 2.32. The lowest BCUT2D eigenvalue weighted by Gasteiger charge is -2.19. The topological polar surface area (TPSA) is 95.3 Å². The number of carbonyl (C=O) groups is 1. The molecule has 1 amide bonds. The van der Waals surface area contributed by atoms with Crippen molar-refractivity contribution in [3.63, 3.8) is 0 Å². The number of aliphatic hydroxyl groups excluding tert-OH is 1. The molecule has 0 radical (unpaired) electrons. The number of aryl methyl sites for hydroxylation is 3. The fourth-order valence-corrected chi connectivity index (χ4v) is 4.35. The molecule has 1 saturated carbocycles. The summed E-state index contributed by atoms with van der Waals surface area (Å²) in [6, 6.07) is 9.78. The first-order valence-corrected chi connectivity index (χ1v) is 10.2. The molecule has 6 heteroatoms. The average molecular weight is 394 g/mol. The molecule has 1 aliphatic rings. The van der Waals surface area contributed by atoms with E-state index in [-0.39, 0.29) is 24.1 Å². The van der Waals surface area contributed by atoms with Crippen molar-refractivity contribution in [2.45, 2.75) is 45.1 Å². The second-order valence-corrected chi connectivity index (χ2v) is 7.87. The van der Waals surface area contributed by atoms with Gasteiger partial charge >= 0.3 is 5.63 Å². The lowest BCUT2D eigenvalue weighted by molar-refractivity contribution is 0.0911. The van der Waals surface area contributed by atoms with Crippen LogP contribution in [0.5, 0.6) is 0 Å². The van der Waals surface area contributed by atoms with Gasteiger partial charge in [0.1, 0.15) is 11.3 Å². The first-order valence-electron chi connectivity index (χ1n) is 10.2. The summed E-state index contributed by atoms with van der Waals surface area (Å²) in [5.74, 6) is 0.218. The number of H-pyrrole nitrogens is 1. The quantitative estimate of drug-likeness (QED) is 0.599. The number of aromatic nitrogens is 1.